The molecule has 0 atom stereocenters. The quantitative estimate of drug-likeness (QED) is 0.744. The van der Waals surface area contributed by atoms with Gasteiger partial charge in [-0.25, -0.2) is 0 Å². The number of rotatable bonds is 6. The van der Waals surface area contributed by atoms with Crippen molar-refractivity contribution in [3.63, 3.8) is 0 Å². The monoisotopic (exact) mass is 237 g/mol. The molecule has 1 fully saturated rings. The molecule has 1 aromatic rings. The summed E-state index contributed by atoms with van der Waals surface area (Å²) in [4.78, 5) is 0. The highest BCUT2D eigenvalue weighted by Gasteiger charge is 2.19. The van der Waals surface area contributed by atoms with Crippen LogP contribution >= 0.6 is 11.6 Å². The maximum Gasteiger partial charge on any atom is 0.0408 e. The van der Waals surface area contributed by atoms with Gasteiger partial charge in [-0.1, -0.05) is 17.7 Å². The predicted octanol–water partition coefficient (Wildman–Crippen LogP) is 3.72. The zero-order valence-corrected chi connectivity index (χ0v) is 10.7. The van der Waals surface area contributed by atoms with Crippen LogP contribution < -0.4 is 5.32 Å². The smallest absolute Gasteiger partial charge is 0.0408 e. The van der Waals surface area contributed by atoms with Crippen LogP contribution in [0.1, 0.15) is 36.8 Å². The van der Waals surface area contributed by atoms with E-state index >= 15 is 0 Å². The van der Waals surface area contributed by atoms with E-state index in [9.17, 15) is 0 Å². The predicted molar refractivity (Wildman–Crippen MR) is 70.2 cm³/mol. The molecule has 1 saturated carbocycles. The highest BCUT2D eigenvalue weighted by molar-refractivity contribution is 6.30. The summed E-state index contributed by atoms with van der Waals surface area (Å²) < 4.78 is 0. The van der Waals surface area contributed by atoms with E-state index in [1.165, 1.54) is 49.8 Å². The van der Waals surface area contributed by atoms with E-state index in [0.29, 0.717) is 0 Å². The lowest BCUT2D eigenvalue weighted by molar-refractivity contribution is 0.619. The van der Waals surface area contributed by atoms with Crippen molar-refractivity contribution in [3.05, 3.63) is 34.3 Å². The van der Waals surface area contributed by atoms with Crippen LogP contribution in [0.25, 0.3) is 0 Å². The SMILES string of the molecule is Cc1cc(Cl)ccc1CCCCNC1CC1. The second-order valence-corrected chi connectivity index (χ2v) is 5.19. The zero-order chi connectivity index (χ0) is 11.4. The molecule has 1 N–H and O–H groups in total. The second kappa shape index (κ2) is 5.70. The highest BCUT2D eigenvalue weighted by Crippen LogP contribution is 2.19. The maximum absolute atomic E-state index is 5.93. The van der Waals surface area contributed by atoms with Crippen LogP contribution in [0.5, 0.6) is 0 Å². The summed E-state index contributed by atoms with van der Waals surface area (Å²) in [5.74, 6) is 0. The van der Waals surface area contributed by atoms with Gasteiger partial charge < -0.3 is 5.32 Å². The highest BCUT2D eigenvalue weighted by atomic mass is 35.5. The largest absolute Gasteiger partial charge is 0.314 e. The first-order chi connectivity index (χ1) is 7.75. The molecule has 0 saturated heterocycles. The molecular weight excluding hydrogens is 218 g/mol. The third-order valence-corrected chi connectivity index (χ3v) is 3.42. The Labute approximate surface area is 103 Å². The van der Waals surface area contributed by atoms with Gasteiger partial charge in [0, 0.05) is 11.1 Å². The number of benzene rings is 1. The van der Waals surface area contributed by atoms with E-state index in [4.69, 9.17) is 11.6 Å². The van der Waals surface area contributed by atoms with Gasteiger partial charge in [0.15, 0.2) is 0 Å². The average Bonchev–Trinajstić information content (AvgIpc) is 3.04. The summed E-state index contributed by atoms with van der Waals surface area (Å²) in [5, 5.41) is 4.39. The summed E-state index contributed by atoms with van der Waals surface area (Å²) in [6.07, 6.45) is 6.49. The van der Waals surface area contributed by atoms with Crippen LogP contribution in [0.4, 0.5) is 0 Å². The van der Waals surface area contributed by atoms with Crippen molar-refractivity contribution in [2.45, 2.75) is 45.1 Å². The molecule has 0 heterocycles. The van der Waals surface area contributed by atoms with Gasteiger partial charge >= 0.3 is 0 Å². The average molecular weight is 238 g/mol. The first-order valence-corrected chi connectivity index (χ1v) is 6.62. The normalized spacial score (nSPS) is 15.4. The maximum atomic E-state index is 5.93. The molecule has 2 rings (SSSR count). The van der Waals surface area contributed by atoms with E-state index in [1.807, 2.05) is 6.07 Å². The lowest BCUT2D eigenvalue weighted by atomic mass is 10.0. The Bertz CT molecular complexity index is 345. The van der Waals surface area contributed by atoms with Crippen molar-refractivity contribution in [2.24, 2.45) is 0 Å². The van der Waals surface area contributed by atoms with Gasteiger partial charge in [0.25, 0.3) is 0 Å². The summed E-state index contributed by atoms with van der Waals surface area (Å²) >= 11 is 5.93. The van der Waals surface area contributed by atoms with Crippen LogP contribution in [-0.2, 0) is 6.42 Å². The first-order valence-electron chi connectivity index (χ1n) is 6.24. The fraction of sp³-hybridized carbons (Fsp3) is 0.571. The molecule has 0 aliphatic heterocycles. The molecule has 0 bridgehead atoms. The molecule has 0 aromatic heterocycles. The van der Waals surface area contributed by atoms with Crippen LogP contribution in [0.2, 0.25) is 5.02 Å². The minimum absolute atomic E-state index is 0.844. The van der Waals surface area contributed by atoms with Crippen LogP contribution in [0.15, 0.2) is 18.2 Å². The number of nitrogens with one attached hydrogen (secondary N) is 1. The van der Waals surface area contributed by atoms with Crippen molar-refractivity contribution >= 4 is 11.6 Å². The topological polar surface area (TPSA) is 12.0 Å². The molecule has 2 heteroatoms. The molecule has 0 radical (unpaired) electrons. The Kier molecular flexibility index (Phi) is 4.25. The van der Waals surface area contributed by atoms with Crippen molar-refractivity contribution in [2.75, 3.05) is 6.54 Å². The fourth-order valence-electron chi connectivity index (χ4n) is 1.97. The molecule has 1 nitrogen and oxygen atoms in total. The molecule has 1 aromatic carbocycles. The number of unbranched alkanes of at least 4 members (excludes halogenated alkanes) is 1. The standard InChI is InChI=1S/C14H20ClN/c1-11-10-13(15)6-5-12(11)4-2-3-9-16-14-7-8-14/h5-6,10,14,16H,2-4,7-9H2,1H3. The number of hydrogen-bond donors (Lipinski definition) is 1. The van der Waals surface area contributed by atoms with E-state index in [-0.39, 0.29) is 0 Å². The van der Waals surface area contributed by atoms with Crippen molar-refractivity contribution in [1.29, 1.82) is 0 Å². The van der Waals surface area contributed by atoms with Gasteiger partial charge in [-0.05, 0) is 68.8 Å². The molecular formula is C14H20ClN. The van der Waals surface area contributed by atoms with Gasteiger partial charge in [0.1, 0.15) is 0 Å². The van der Waals surface area contributed by atoms with Crippen LogP contribution in [0, 0.1) is 6.92 Å². The van der Waals surface area contributed by atoms with Gasteiger partial charge in [-0.15, -0.1) is 0 Å². The number of halogens is 1. The van der Waals surface area contributed by atoms with E-state index in [1.54, 1.807) is 0 Å². The zero-order valence-electron chi connectivity index (χ0n) is 9.93. The summed E-state index contributed by atoms with van der Waals surface area (Å²) in [6, 6.07) is 7.05. The van der Waals surface area contributed by atoms with Gasteiger partial charge in [-0.2, -0.15) is 0 Å². The van der Waals surface area contributed by atoms with Gasteiger partial charge in [-0.3, -0.25) is 0 Å². The van der Waals surface area contributed by atoms with Crippen molar-refractivity contribution in [1.82, 2.24) is 5.32 Å². The Morgan fingerprint density at radius 1 is 1.31 bits per heavy atom. The van der Waals surface area contributed by atoms with E-state index < -0.39 is 0 Å². The van der Waals surface area contributed by atoms with Crippen molar-refractivity contribution < 1.29 is 0 Å². The molecule has 1 aliphatic rings. The molecule has 0 amide bonds. The Balaban J connectivity index is 1.67. The van der Waals surface area contributed by atoms with Crippen LogP contribution in [-0.4, -0.2) is 12.6 Å². The van der Waals surface area contributed by atoms with Gasteiger partial charge in [0.2, 0.25) is 0 Å². The summed E-state index contributed by atoms with van der Waals surface area (Å²) in [5.41, 5.74) is 2.76. The molecule has 1 aliphatic carbocycles. The van der Waals surface area contributed by atoms with Gasteiger partial charge in [0.05, 0.1) is 0 Å². The van der Waals surface area contributed by atoms with Crippen LogP contribution in [0.3, 0.4) is 0 Å². The minimum Gasteiger partial charge on any atom is -0.314 e. The molecule has 88 valence electrons. The Morgan fingerprint density at radius 3 is 2.81 bits per heavy atom. The minimum atomic E-state index is 0.844. The first kappa shape index (κ1) is 11.9. The third-order valence-electron chi connectivity index (χ3n) is 3.19. The fourth-order valence-corrected chi connectivity index (χ4v) is 2.20. The van der Waals surface area contributed by atoms with Crippen molar-refractivity contribution in [3.8, 4) is 0 Å². The lowest BCUT2D eigenvalue weighted by Gasteiger charge is -2.06. The summed E-state index contributed by atoms with van der Waals surface area (Å²) in [6.45, 7) is 3.32. The molecule has 0 spiro atoms. The Hall–Kier alpha value is -0.530. The molecule has 16 heavy (non-hydrogen) atoms. The third kappa shape index (κ3) is 3.80. The number of hydrogen-bond acceptors (Lipinski definition) is 1. The summed E-state index contributed by atoms with van der Waals surface area (Å²) in [7, 11) is 0. The second-order valence-electron chi connectivity index (χ2n) is 4.76. The molecule has 0 unspecified atom stereocenters. The Morgan fingerprint density at radius 2 is 2.12 bits per heavy atom. The lowest BCUT2D eigenvalue weighted by Crippen LogP contribution is -2.17. The van der Waals surface area contributed by atoms with E-state index in [0.717, 1.165) is 11.1 Å². The number of aryl methyl sites for hydroxylation is 2. The van der Waals surface area contributed by atoms with E-state index in [2.05, 4.69) is 24.4 Å².